The zero-order valence-corrected chi connectivity index (χ0v) is 19.4. The second kappa shape index (κ2) is 8.18. The van der Waals surface area contributed by atoms with E-state index in [1.54, 1.807) is 12.1 Å². The molecule has 1 aromatic rings. The third-order valence-corrected chi connectivity index (χ3v) is 8.91. The minimum atomic E-state index is -3.67. The van der Waals surface area contributed by atoms with Crippen molar-refractivity contribution in [2.75, 3.05) is 32.7 Å². The lowest BCUT2D eigenvalue weighted by Gasteiger charge is -2.37. The van der Waals surface area contributed by atoms with E-state index in [1.165, 1.54) is 9.21 Å². The van der Waals surface area contributed by atoms with Gasteiger partial charge in [0.15, 0.2) is 0 Å². The molecule has 1 spiro atoms. The Morgan fingerprint density at radius 1 is 1.10 bits per heavy atom. The monoisotopic (exact) mass is 448 g/mol. The highest BCUT2D eigenvalue weighted by molar-refractivity contribution is 7.89. The van der Waals surface area contributed by atoms with Crippen molar-refractivity contribution in [3.05, 3.63) is 29.3 Å². The number of sulfonamides is 1. The van der Waals surface area contributed by atoms with E-state index < -0.39 is 21.6 Å². The van der Waals surface area contributed by atoms with Crippen LogP contribution in [0.2, 0.25) is 0 Å². The number of rotatable bonds is 5. The first kappa shape index (κ1) is 22.2. The molecule has 3 heterocycles. The van der Waals surface area contributed by atoms with Crippen LogP contribution in [0.4, 0.5) is 4.79 Å². The molecule has 3 saturated heterocycles. The minimum absolute atomic E-state index is 0.145. The lowest BCUT2D eigenvalue weighted by Crippen LogP contribution is -2.55. The smallest absolute Gasteiger partial charge is 0.323 e. The summed E-state index contributed by atoms with van der Waals surface area (Å²) in [5, 5.41) is 2.95. The van der Waals surface area contributed by atoms with Crippen molar-refractivity contribution in [1.82, 2.24) is 19.4 Å². The van der Waals surface area contributed by atoms with Crippen molar-refractivity contribution < 1.29 is 18.0 Å². The van der Waals surface area contributed by atoms with E-state index in [9.17, 15) is 18.0 Å². The number of likely N-dealkylation sites (tertiary alicyclic amines) is 1. The molecule has 1 atom stereocenters. The maximum atomic E-state index is 13.3. The Hall–Kier alpha value is -1.97. The van der Waals surface area contributed by atoms with Gasteiger partial charge in [0.1, 0.15) is 5.54 Å². The van der Waals surface area contributed by atoms with Crippen molar-refractivity contribution in [1.29, 1.82) is 0 Å². The normalized spacial score (nSPS) is 24.9. The molecule has 0 radical (unpaired) electrons. The molecule has 0 aliphatic carbocycles. The molecule has 4 rings (SSSR count). The number of imide groups is 1. The Morgan fingerprint density at radius 3 is 2.45 bits per heavy atom. The molecule has 170 valence electrons. The third kappa shape index (κ3) is 3.87. The predicted molar refractivity (Wildman–Crippen MR) is 117 cm³/mol. The SMILES string of the molecule is CCCN1CCC2(CC1)NC(=O)N(C1CCN(S(=O)(=O)c3ccc(C)c(C)c3)C1)C2=O. The van der Waals surface area contributed by atoms with E-state index in [1.807, 2.05) is 19.9 Å². The summed E-state index contributed by atoms with van der Waals surface area (Å²) in [5.41, 5.74) is 1.12. The maximum absolute atomic E-state index is 13.3. The highest BCUT2D eigenvalue weighted by Gasteiger charge is 2.55. The Kier molecular flexibility index (Phi) is 5.87. The van der Waals surface area contributed by atoms with Gasteiger partial charge >= 0.3 is 6.03 Å². The van der Waals surface area contributed by atoms with E-state index in [2.05, 4.69) is 17.1 Å². The number of benzene rings is 1. The summed E-state index contributed by atoms with van der Waals surface area (Å²) in [6, 6.07) is 4.30. The molecule has 1 unspecified atom stereocenters. The van der Waals surface area contributed by atoms with Gasteiger partial charge in [-0.2, -0.15) is 4.31 Å². The summed E-state index contributed by atoms with van der Waals surface area (Å²) in [4.78, 5) is 30.0. The zero-order chi connectivity index (χ0) is 22.4. The Balaban J connectivity index is 1.47. The van der Waals surface area contributed by atoms with Gasteiger partial charge in [0.2, 0.25) is 10.0 Å². The van der Waals surface area contributed by atoms with E-state index in [0.717, 1.165) is 37.2 Å². The second-order valence-corrected chi connectivity index (χ2v) is 11.0. The molecule has 3 amide bonds. The van der Waals surface area contributed by atoms with Crippen LogP contribution in [0.15, 0.2) is 23.1 Å². The molecule has 0 bridgehead atoms. The van der Waals surface area contributed by atoms with Crippen LogP contribution >= 0.6 is 0 Å². The van der Waals surface area contributed by atoms with Gasteiger partial charge in [0.05, 0.1) is 10.9 Å². The van der Waals surface area contributed by atoms with Gasteiger partial charge in [-0.3, -0.25) is 9.69 Å². The summed E-state index contributed by atoms with van der Waals surface area (Å²) in [6.45, 7) is 8.97. The molecule has 8 nitrogen and oxygen atoms in total. The van der Waals surface area contributed by atoms with Gasteiger partial charge in [-0.05, 0) is 69.3 Å². The van der Waals surface area contributed by atoms with Crippen molar-refractivity contribution in [2.45, 2.75) is 62.9 Å². The summed E-state index contributed by atoms with van der Waals surface area (Å²) >= 11 is 0. The van der Waals surface area contributed by atoms with Gasteiger partial charge in [0.25, 0.3) is 5.91 Å². The number of hydrogen-bond acceptors (Lipinski definition) is 5. The van der Waals surface area contributed by atoms with Gasteiger partial charge in [-0.1, -0.05) is 13.0 Å². The molecule has 1 N–H and O–H groups in total. The van der Waals surface area contributed by atoms with E-state index in [4.69, 9.17) is 0 Å². The molecule has 0 aromatic heterocycles. The van der Waals surface area contributed by atoms with Crippen LogP contribution in [0.25, 0.3) is 0 Å². The van der Waals surface area contributed by atoms with Crippen LogP contribution in [0.3, 0.4) is 0 Å². The first-order valence-electron chi connectivity index (χ1n) is 11.1. The summed E-state index contributed by atoms with van der Waals surface area (Å²) in [7, 11) is -3.67. The van der Waals surface area contributed by atoms with Crippen LogP contribution in [0.5, 0.6) is 0 Å². The zero-order valence-electron chi connectivity index (χ0n) is 18.6. The van der Waals surface area contributed by atoms with Crippen molar-refractivity contribution >= 4 is 22.0 Å². The van der Waals surface area contributed by atoms with Crippen LogP contribution in [-0.2, 0) is 14.8 Å². The average molecular weight is 449 g/mol. The fourth-order valence-corrected chi connectivity index (χ4v) is 6.53. The third-order valence-electron chi connectivity index (χ3n) is 7.05. The number of urea groups is 1. The van der Waals surface area contributed by atoms with Crippen LogP contribution in [0, 0.1) is 13.8 Å². The maximum Gasteiger partial charge on any atom is 0.325 e. The Bertz CT molecular complexity index is 985. The first-order chi connectivity index (χ1) is 14.7. The number of carbonyl (C=O) groups excluding carboxylic acids is 2. The number of aryl methyl sites for hydroxylation is 2. The second-order valence-electron chi connectivity index (χ2n) is 9.08. The van der Waals surface area contributed by atoms with E-state index in [-0.39, 0.29) is 23.4 Å². The molecular weight excluding hydrogens is 416 g/mol. The molecule has 31 heavy (non-hydrogen) atoms. The largest absolute Gasteiger partial charge is 0.325 e. The van der Waals surface area contributed by atoms with Gasteiger partial charge in [-0.25, -0.2) is 13.2 Å². The van der Waals surface area contributed by atoms with Gasteiger partial charge in [0, 0.05) is 26.2 Å². The molecule has 3 fully saturated rings. The number of nitrogens with one attached hydrogen (secondary N) is 1. The molecule has 0 saturated carbocycles. The standard InChI is InChI=1S/C22H32N4O4S/c1-4-10-24-12-8-22(9-13-24)20(27)26(21(28)23-22)18-7-11-25(15-18)31(29,30)19-6-5-16(2)17(3)14-19/h5-6,14,18H,4,7-13,15H2,1-3H3,(H,23,28). The fourth-order valence-electron chi connectivity index (χ4n) is 4.95. The highest BCUT2D eigenvalue weighted by atomic mass is 32.2. The highest BCUT2D eigenvalue weighted by Crippen LogP contribution is 2.33. The van der Waals surface area contributed by atoms with Crippen molar-refractivity contribution in [3.63, 3.8) is 0 Å². The lowest BCUT2D eigenvalue weighted by atomic mass is 9.87. The van der Waals surface area contributed by atoms with E-state index in [0.29, 0.717) is 25.8 Å². The van der Waals surface area contributed by atoms with Gasteiger partial charge < -0.3 is 10.2 Å². The van der Waals surface area contributed by atoms with Crippen molar-refractivity contribution in [2.24, 2.45) is 0 Å². The number of nitrogens with zero attached hydrogens (tertiary/aromatic N) is 3. The number of piperidine rings is 1. The Labute approximate surface area is 184 Å². The van der Waals surface area contributed by atoms with Crippen molar-refractivity contribution in [3.8, 4) is 0 Å². The quantitative estimate of drug-likeness (QED) is 0.695. The number of carbonyl (C=O) groups is 2. The summed E-state index contributed by atoms with van der Waals surface area (Å²) in [5.74, 6) is -0.191. The molecule has 1 aromatic carbocycles. The summed E-state index contributed by atoms with van der Waals surface area (Å²) in [6.07, 6.45) is 2.73. The summed E-state index contributed by atoms with van der Waals surface area (Å²) < 4.78 is 27.7. The molecule has 9 heteroatoms. The molecule has 3 aliphatic rings. The number of hydrogen-bond donors (Lipinski definition) is 1. The number of amides is 3. The molecular formula is C22H32N4O4S. The molecule has 3 aliphatic heterocycles. The van der Waals surface area contributed by atoms with E-state index >= 15 is 0 Å². The fraction of sp³-hybridized carbons (Fsp3) is 0.636. The predicted octanol–water partition coefficient (Wildman–Crippen LogP) is 1.86. The van der Waals surface area contributed by atoms with Crippen LogP contribution in [-0.4, -0.2) is 78.8 Å². The van der Waals surface area contributed by atoms with Crippen LogP contribution < -0.4 is 5.32 Å². The average Bonchev–Trinajstić information content (AvgIpc) is 3.30. The Morgan fingerprint density at radius 2 is 1.81 bits per heavy atom. The van der Waals surface area contributed by atoms with Crippen LogP contribution in [0.1, 0.15) is 43.7 Å². The topological polar surface area (TPSA) is 90.0 Å². The van der Waals surface area contributed by atoms with Gasteiger partial charge in [-0.15, -0.1) is 0 Å². The minimum Gasteiger partial charge on any atom is -0.323 e. The lowest BCUT2D eigenvalue weighted by molar-refractivity contribution is -0.134. The first-order valence-corrected chi connectivity index (χ1v) is 12.6.